The number of rotatable bonds is 3. The molecule has 3 aliphatic heterocycles. The molecule has 3 unspecified atom stereocenters. The fourth-order valence-corrected chi connectivity index (χ4v) is 3.75. The molecule has 3 fully saturated rings. The Morgan fingerprint density at radius 2 is 2.16 bits per heavy atom. The van der Waals surface area contributed by atoms with Gasteiger partial charge in [0.1, 0.15) is 0 Å². The van der Waals surface area contributed by atoms with Gasteiger partial charge in [-0.1, -0.05) is 0 Å². The summed E-state index contributed by atoms with van der Waals surface area (Å²) < 4.78 is 0. The van der Waals surface area contributed by atoms with E-state index in [0.717, 1.165) is 26.2 Å². The Morgan fingerprint density at radius 3 is 2.89 bits per heavy atom. The Bertz CT molecular complexity index is 329. The van der Waals surface area contributed by atoms with E-state index in [4.69, 9.17) is 0 Å². The first kappa shape index (κ1) is 13.2. The summed E-state index contributed by atoms with van der Waals surface area (Å²) in [5.41, 5.74) is 0. The fraction of sp³-hybridized carbons (Fsp3) is 0.929. The van der Waals surface area contributed by atoms with Crippen molar-refractivity contribution in [1.29, 1.82) is 0 Å². The summed E-state index contributed by atoms with van der Waals surface area (Å²) in [6.07, 6.45) is 4.97. The van der Waals surface area contributed by atoms with Gasteiger partial charge in [-0.15, -0.1) is 0 Å². The molecule has 0 bridgehead atoms. The number of hydrogen-bond donors (Lipinski definition) is 2. The minimum absolute atomic E-state index is 0.145. The van der Waals surface area contributed by atoms with Gasteiger partial charge in [0.25, 0.3) is 0 Å². The summed E-state index contributed by atoms with van der Waals surface area (Å²) in [4.78, 5) is 16.5. The van der Waals surface area contributed by atoms with Gasteiger partial charge >= 0.3 is 6.03 Å². The van der Waals surface area contributed by atoms with Gasteiger partial charge in [0.2, 0.25) is 0 Å². The van der Waals surface area contributed by atoms with Gasteiger partial charge < -0.3 is 20.4 Å². The molecule has 3 aliphatic rings. The number of carbonyl (C=O) groups excluding carboxylic acids is 1. The van der Waals surface area contributed by atoms with Gasteiger partial charge in [0.15, 0.2) is 0 Å². The molecule has 3 rings (SSSR count). The van der Waals surface area contributed by atoms with Gasteiger partial charge in [-0.3, -0.25) is 0 Å². The molecular formula is C14H26N4O. The van der Waals surface area contributed by atoms with Crippen molar-refractivity contribution < 1.29 is 4.79 Å². The van der Waals surface area contributed by atoms with Crippen molar-refractivity contribution in [1.82, 2.24) is 20.4 Å². The normalized spacial score (nSPS) is 36.8. The van der Waals surface area contributed by atoms with Crippen LogP contribution in [-0.4, -0.2) is 67.7 Å². The van der Waals surface area contributed by atoms with E-state index in [9.17, 15) is 4.79 Å². The van der Waals surface area contributed by atoms with Crippen LogP contribution in [0.25, 0.3) is 0 Å². The molecule has 0 saturated carbocycles. The maximum absolute atomic E-state index is 12.1. The third kappa shape index (κ3) is 3.03. The van der Waals surface area contributed by atoms with E-state index in [1.165, 1.54) is 32.2 Å². The van der Waals surface area contributed by atoms with E-state index in [2.05, 4.69) is 22.6 Å². The van der Waals surface area contributed by atoms with Crippen LogP contribution in [0.15, 0.2) is 0 Å². The Labute approximate surface area is 115 Å². The molecule has 0 aromatic carbocycles. The Morgan fingerprint density at radius 1 is 1.26 bits per heavy atom. The van der Waals surface area contributed by atoms with Crippen LogP contribution in [0, 0.1) is 5.92 Å². The number of nitrogens with zero attached hydrogens (tertiary/aromatic N) is 2. The molecule has 2 amide bonds. The number of piperidine rings is 1. The number of carbonyl (C=O) groups is 1. The zero-order valence-electron chi connectivity index (χ0n) is 11.9. The third-order valence-corrected chi connectivity index (χ3v) is 4.85. The topological polar surface area (TPSA) is 47.6 Å². The fourth-order valence-electron chi connectivity index (χ4n) is 3.75. The summed E-state index contributed by atoms with van der Waals surface area (Å²) in [6, 6.07) is 1.02. The van der Waals surface area contributed by atoms with E-state index in [1.807, 2.05) is 4.90 Å². The van der Waals surface area contributed by atoms with Crippen molar-refractivity contribution in [3.8, 4) is 0 Å². The lowest BCUT2D eigenvalue weighted by atomic mass is 9.91. The van der Waals surface area contributed by atoms with Crippen LogP contribution < -0.4 is 10.6 Å². The zero-order valence-corrected chi connectivity index (χ0v) is 11.9. The second-order valence-corrected chi connectivity index (χ2v) is 6.42. The summed E-state index contributed by atoms with van der Waals surface area (Å²) in [5, 5.41) is 6.68. The predicted octanol–water partition coefficient (Wildman–Crippen LogP) is 0.474. The van der Waals surface area contributed by atoms with E-state index in [1.54, 1.807) is 0 Å². The average Bonchev–Trinajstić information content (AvgIpc) is 3.01. The van der Waals surface area contributed by atoms with Crippen LogP contribution in [0.3, 0.4) is 0 Å². The largest absolute Gasteiger partial charge is 0.333 e. The summed E-state index contributed by atoms with van der Waals surface area (Å²) in [7, 11) is 2.18. The molecular weight excluding hydrogens is 240 g/mol. The molecule has 108 valence electrons. The third-order valence-electron chi connectivity index (χ3n) is 4.85. The molecule has 0 spiro atoms. The Kier molecular flexibility index (Phi) is 3.93. The van der Waals surface area contributed by atoms with Crippen molar-refractivity contribution in [2.24, 2.45) is 5.92 Å². The van der Waals surface area contributed by atoms with E-state index >= 15 is 0 Å². The van der Waals surface area contributed by atoms with Gasteiger partial charge in [0, 0.05) is 25.7 Å². The molecule has 0 aromatic rings. The number of urea groups is 1. The molecule has 3 atom stereocenters. The molecule has 0 aliphatic carbocycles. The van der Waals surface area contributed by atoms with Crippen LogP contribution in [0.4, 0.5) is 4.79 Å². The molecule has 5 nitrogen and oxygen atoms in total. The van der Waals surface area contributed by atoms with Crippen LogP contribution in [0.1, 0.15) is 25.7 Å². The van der Waals surface area contributed by atoms with Gasteiger partial charge in [-0.2, -0.15) is 0 Å². The van der Waals surface area contributed by atoms with Crippen molar-refractivity contribution in [3.63, 3.8) is 0 Å². The van der Waals surface area contributed by atoms with E-state index < -0.39 is 0 Å². The highest BCUT2D eigenvalue weighted by molar-refractivity contribution is 5.77. The number of hydrogen-bond acceptors (Lipinski definition) is 3. The van der Waals surface area contributed by atoms with Crippen molar-refractivity contribution >= 4 is 6.03 Å². The second kappa shape index (κ2) is 5.67. The summed E-state index contributed by atoms with van der Waals surface area (Å²) in [6.45, 7) is 5.21. The molecule has 0 aromatic heterocycles. The average molecular weight is 266 g/mol. The zero-order chi connectivity index (χ0) is 13.2. The molecule has 2 N–H and O–H groups in total. The monoisotopic (exact) mass is 266 g/mol. The van der Waals surface area contributed by atoms with Gasteiger partial charge in [-0.05, 0) is 51.7 Å². The number of likely N-dealkylation sites (tertiary alicyclic amines) is 1. The summed E-state index contributed by atoms with van der Waals surface area (Å²) >= 11 is 0. The highest BCUT2D eigenvalue weighted by atomic mass is 16.2. The SMILES string of the molecule is CN1CCCC(C2CN(CC3CCCN3)C(=O)N2)C1. The lowest BCUT2D eigenvalue weighted by molar-refractivity contribution is 0.179. The predicted molar refractivity (Wildman–Crippen MR) is 75.1 cm³/mol. The maximum Gasteiger partial charge on any atom is 0.317 e. The minimum Gasteiger partial charge on any atom is -0.333 e. The van der Waals surface area contributed by atoms with Crippen LogP contribution in [0.5, 0.6) is 0 Å². The van der Waals surface area contributed by atoms with Crippen molar-refractivity contribution in [2.75, 3.05) is 39.8 Å². The van der Waals surface area contributed by atoms with Gasteiger partial charge in [0.05, 0.1) is 6.04 Å². The Balaban J connectivity index is 1.53. The minimum atomic E-state index is 0.145. The Hall–Kier alpha value is -0.810. The molecule has 3 saturated heterocycles. The van der Waals surface area contributed by atoms with Crippen LogP contribution in [-0.2, 0) is 0 Å². The molecule has 5 heteroatoms. The quantitative estimate of drug-likeness (QED) is 0.781. The first-order chi connectivity index (χ1) is 9.22. The molecule has 0 radical (unpaired) electrons. The smallest absolute Gasteiger partial charge is 0.317 e. The van der Waals surface area contributed by atoms with Gasteiger partial charge in [-0.25, -0.2) is 4.79 Å². The molecule has 3 heterocycles. The standard InChI is InChI=1S/C14H26N4O/c1-17-7-3-4-11(8-17)13-10-18(14(19)16-13)9-12-5-2-6-15-12/h11-13,15H,2-10H2,1H3,(H,16,19). The highest BCUT2D eigenvalue weighted by Gasteiger charge is 2.36. The van der Waals surface area contributed by atoms with E-state index in [0.29, 0.717) is 18.0 Å². The maximum atomic E-state index is 12.1. The van der Waals surface area contributed by atoms with Crippen LogP contribution in [0.2, 0.25) is 0 Å². The first-order valence-electron chi connectivity index (χ1n) is 7.70. The second-order valence-electron chi connectivity index (χ2n) is 6.42. The van der Waals surface area contributed by atoms with E-state index in [-0.39, 0.29) is 6.03 Å². The number of nitrogens with one attached hydrogen (secondary N) is 2. The van der Waals surface area contributed by atoms with Crippen molar-refractivity contribution in [3.05, 3.63) is 0 Å². The van der Waals surface area contributed by atoms with Crippen LogP contribution >= 0.6 is 0 Å². The summed E-state index contributed by atoms with van der Waals surface area (Å²) in [5.74, 6) is 0.629. The first-order valence-corrected chi connectivity index (χ1v) is 7.70. The molecule has 19 heavy (non-hydrogen) atoms. The number of amides is 2. The highest BCUT2D eigenvalue weighted by Crippen LogP contribution is 2.23. The lowest BCUT2D eigenvalue weighted by Gasteiger charge is -2.33. The van der Waals surface area contributed by atoms with Crippen molar-refractivity contribution in [2.45, 2.75) is 37.8 Å². The lowest BCUT2D eigenvalue weighted by Crippen LogP contribution is -2.43.